The molecule has 9 aromatic carbocycles. The van der Waals surface area contributed by atoms with Gasteiger partial charge in [0, 0.05) is 60.0 Å². The molecule has 1 aliphatic rings. The molecule has 1 aliphatic carbocycles. The summed E-state index contributed by atoms with van der Waals surface area (Å²) >= 11 is 0. The molecule has 0 unspecified atom stereocenters. The highest BCUT2D eigenvalue weighted by atomic mass is 16.3. The monoisotopic (exact) mass is 846 g/mol. The van der Waals surface area contributed by atoms with Crippen LogP contribution < -0.4 is 4.68 Å². The second-order valence-corrected chi connectivity index (χ2v) is 18.0. The summed E-state index contributed by atoms with van der Waals surface area (Å²) in [5, 5.41) is 12.1. The fourth-order valence-corrected chi connectivity index (χ4v) is 11.1. The van der Waals surface area contributed by atoms with E-state index in [1.807, 2.05) is 6.07 Å². The van der Waals surface area contributed by atoms with Crippen LogP contribution >= 0.6 is 0 Å². The lowest BCUT2D eigenvalue weighted by Gasteiger charge is -2.20. The zero-order valence-electron chi connectivity index (χ0n) is 36.3. The minimum Gasteiger partial charge on any atom is -0.453 e. The van der Waals surface area contributed by atoms with Crippen LogP contribution in [-0.4, -0.2) is 19.2 Å². The van der Waals surface area contributed by atoms with E-state index < -0.39 is 0 Å². The fourth-order valence-electron chi connectivity index (χ4n) is 11.1. The maximum Gasteiger partial charge on any atom is 0.246 e. The molecule has 0 N–H and O–H groups in total. The Hall–Kier alpha value is -8.61. The van der Waals surface area contributed by atoms with Crippen LogP contribution in [-0.2, 0) is 5.41 Å². The molecule has 0 fully saturated rings. The number of aromatic nitrogens is 5. The largest absolute Gasteiger partial charge is 0.453 e. The van der Waals surface area contributed by atoms with E-state index in [9.17, 15) is 0 Å². The zero-order valence-corrected chi connectivity index (χ0v) is 36.3. The van der Waals surface area contributed by atoms with Crippen LogP contribution in [0.3, 0.4) is 0 Å². The molecule has 0 saturated heterocycles. The van der Waals surface area contributed by atoms with Crippen molar-refractivity contribution in [1.82, 2.24) is 19.2 Å². The Kier molecular flexibility index (Phi) is 7.64. The van der Waals surface area contributed by atoms with E-state index >= 15 is 0 Å². The number of rotatable bonds is 5. The van der Waals surface area contributed by atoms with E-state index in [0.717, 1.165) is 99.4 Å². The van der Waals surface area contributed by atoms with Crippen molar-refractivity contribution in [3.05, 3.63) is 218 Å². The smallest absolute Gasteiger partial charge is 0.246 e. The Morgan fingerprint density at radius 1 is 0.455 bits per heavy atom. The zero-order chi connectivity index (χ0) is 43.7. The Bertz CT molecular complexity index is 4140. The standard InChI is InChI=1S/C60H40N5O/c1-60(2)47-28-12-9-24-46(47)54-48(60)29-17-32-51(54)63-36-53(61-59(62-63)38-20-7-4-8-21-38)65-50-31-14-11-23-41(50)43-35-34-42-40-22-10-13-30-49(40)64(55(42)56(43)65)52-33-16-27-45-44-26-15-25-39(57(44)66-58(45)52)37-18-5-3-6-19-37/h3-36H,1-2H3/q+1. The van der Waals surface area contributed by atoms with E-state index in [2.05, 4.69) is 228 Å². The number of hydrogen-bond donors (Lipinski definition) is 0. The summed E-state index contributed by atoms with van der Waals surface area (Å²) in [6, 6.07) is 71.3. The molecule has 0 amide bonds. The molecule has 310 valence electrons. The quantitative estimate of drug-likeness (QED) is 0.162. The van der Waals surface area contributed by atoms with E-state index in [0.29, 0.717) is 5.82 Å². The van der Waals surface area contributed by atoms with Crippen LogP contribution in [0.15, 0.2) is 211 Å². The summed E-state index contributed by atoms with van der Waals surface area (Å²) in [4.78, 5) is 5.52. The van der Waals surface area contributed by atoms with Crippen LogP contribution in [0.5, 0.6) is 0 Å². The predicted molar refractivity (Wildman–Crippen MR) is 268 cm³/mol. The maximum absolute atomic E-state index is 7.13. The van der Waals surface area contributed by atoms with Gasteiger partial charge in [0.1, 0.15) is 5.58 Å². The fraction of sp³-hybridized carbons (Fsp3) is 0.0500. The van der Waals surface area contributed by atoms with Crippen molar-refractivity contribution in [3.63, 3.8) is 0 Å². The normalized spacial score (nSPS) is 13.1. The van der Waals surface area contributed by atoms with Crippen LogP contribution in [0.4, 0.5) is 0 Å². The predicted octanol–water partition coefficient (Wildman–Crippen LogP) is 14.5. The molecule has 0 aliphatic heterocycles. The lowest BCUT2D eigenvalue weighted by molar-refractivity contribution is -0.658. The van der Waals surface area contributed by atoms with Gasteiger partial charge in [-0.15, -0.1) is 0 Å². The van der Waals surface area contributed by atoms with Gasteiger partial charge < -0.3 is 8.98 Å². The highest BCUT2D eigenvalue weighted by molar-refractivity contribution is 6.24. The van der Waals surface area contributed by atoms with Crippen molar-refractivity contribution in [2.75, 3.05) is 0 Å². The molecule has 0 spiro atoms. The molecular formula is C60H40N5O+. The highest BCUT2D eigenvalue weighted by Crippen LogP contribution is 2.50. The van der Waals surface area contributed by atoms with Crippen LogP contribution in [0.1, 0.15) is 25.0 Å². The minimum absolute atomic E-state index is 0.168. The third-order valence-electron chi connectivity index (χ3n) is 14.1. The Balaban J connectivity index is 1.11. The molecule has 6 nitrogen and oxygen atoms in total. The highest BCUT2D eigenvalue weighted by Gasteiger charge is 2.39. The van der Waals surface area contributed by atoms with Gasteiger partial charge in [-0.25, -0.2) is 0 Å². The second-order valence-electron chi connectivity index (χ2n) is 18.0. The SMILES string of the molecule is CC1(C)c2ccccc2-c2c(-[n+]3cc(-n4c5ccccc5c5ccc6c7ccccc7n(-c7cccc8c7oc7c(-c9ccccc9)cccc78)c6c54)nc(-c4ccccc4)n3)cccc21. The van der Waals surface area contributed by atoms with Crippen LogP contribution in [0.2, 0.25) is 0 Å². The molecule has 13 aromatic rings. The second kappa shape index (κ2) is 13.7. The summed E-state index contributed by atoms with van der Waals surface area (Å²) < 4.78 is 14.0. The van der Waals surface area contributed by atoms with Gasteiger partial charge in [-0.3, -0.25) is 4.57 Å². The molecule has 4 aromatic heterocycles. The van der Waals surface area contributed by atoms with Gasteiger partial charge in [0.15, 0.2) is 5.58 Å². The van der Waals surface area contributed by atoms with Crippen molar-refractivity contribution >= 4 is 65.6 Å². The van der Waals surface area contributed by atoms with Crippen LogP contribution in [0, 0.1) is 0 Å². The number of hydrogen-bond acceptors (Lipinski definition) is 3. The molecular weight excluding hydrogens is 807 g/mol. The molecule has 14 rings (SSSR count). The number of fused-ring (bicyclic) bond motifs is 13. The Morgan fingerprint density at radius 3 is 1.77 bits per heavy atom. The minimum atomic E-state index is -0.168. The lowest BCUT2D eigenvalue weighted by Crippen LogP contribution is -2.37. The summed E-state index contributed by atoms with van der Waals surface area (Å²) in [7, 11) is 0. The summed E-state index contributed by atoms with van der Waals surface area (Å²) in [5.41, 5.74) is 16.0. The van der Waals surface area contributed by atoms with Gasteiger partial charge in [-0.05, 0) is 45.1 Å². The molecule has 0 bridgehead atoms. The summed E-state index contributed by atoms with van der Waals surface area (Å²) in [5.74, 6) is 1.40. The van der Waals surface area contributed by atoms with Gasteiger partial charge >= 0.3 is 0 Å². The van der Waals surface area contributed by atoms with E-state index in [-0.39, 0.29) is 5.41 Å². The first-order valence-corrected chi connectivity index (χ1v) is 22.6. The number of nitrogens with zero attached hydrogens (tertiary/aromatic N) is 5. The molecule has 0 radical (unpaired) electrons. The number of para-hydroxylation sites is 4. The van der Waals surface area contributed by atoms with E-state index in [1.54, 1.807) is 0 Å². The van der Waals surface area contributed by atoms with Crippen molar-refractivity contribution in [3.8, 4) is 50.8 Å². The van der Waals surface area contributed by atoms with Gasteiger partial charge in [0.2, 0.25) is 23.5 Å². The van der Waals surface area contributed by atoms with Crippen molar-refractivity contribution in [2.24, 2.45) is 0 Å². The van der Waals surface area contributed by atoms with Crippen LogP contribution in [0.25, 0.3) is 116 Å². The van der Waals surface area contributed by atoms with Crippen molar-refractivity contribution < 1.29 is 9.10 Å². The van der Waals surface area contributed by atoms with Gasteiger partial charge in [0.05, 0.1) is 33.3 Å². The Labute approximate surface area is 379 Å². The molecule has 4 heterocycles. The first-order valence-electron chi connectivity index (χ1n) is 22.6. The van der Waals surface area contributed by atoms with Gasteiger partial charge in [0.25, 0.3) is 0 Å². The van der Waals surface area contributed by atoms with Gasteiger partial charge in [-0.2, -0.15) is 4.98 Å². The molecule has 0 atom stereocenters. The van der Waals surface area contributed by atoms with Crippen molar-refractivity contribution in [1.29, 1.82) is 0 Å². The average Bonchev–Trinajstić information content (AvgIpc) is 4.10. The number of furan rings is 1. The molecule has 0 saturated carbocycles. The third kappa shape index (κ3) is 5.09. The average molecular weight is 847 g/mol. The van der Waals surface area contributed by atoms with Crippen molar-refractivity contribution in [2.45, 2.75) is 19.3 Å². The van der Waals surface area contributed by atoms with E-state index in [4.69, 9.17) is 14.5 Å². The topological polar surface area (TPSA) is 52.7 Å². The first kappa shape index (κ1) is 36.8. The Morgan fingerprint density at radius 2 is 1.02 bits per heavy atom. The lowest BCUT2D eigenvalue weighted by atomic mass is 9.82. The number of benzene rings is 9. The summed E-state index contributed by atoms with van der Waals surface area (Å²) in [6.07, 6.45) is 2.12. The molecule has 66 heavy (non-hydrogen) atoms. The third-order valence-corrected chi connectivity index (χ3v) is 14.1. The van der Waals surface area contributed by atoms with E-state index in [1.165, 1.54) is 22.3 Å². The maximum atomic E-state index is 7.13. The molecule has 6 heteroatoms. The first-order chi connectivity index (χ1) is 32.5. The van der Waals surface area contributed by atoms with Gasteiger partial charge in [-0.1, -0.05) is 190 Å². The summed E-state index contributed by atoms with van der Waals surface area (Å²) in [6.45, 7) is 4.65.